The number of aliphatic hydroxyl groups excluding tert-OH is 1. The summed E-state index contributed by atoms with van der Waals surface area (Å²) in [6.45, 7) is 2.97. The maximum atomic E-state index is 12.4. The molecule has 3 aromatic carbocycles. The van der Waals surface area contributed by atoms with Gasteiger partial charge in [0.1, 0.15) is 0 Å². The number of hydrogen-bond acceptors (Lipinski definition) is 7. The van der Waals surface area contributed by atoms with Crippen molar-refractivity contribution in [2.24, 2.45) is 0 Å². The number of rotatable bonds is 15. The van der Waals surface area contributed by atoms with Gasteiger partial charge in [-0.2, -0.15) is 0 Å². The Kier molecular flexibility index (Phi) is 12.3. The first kappa shape index (κ1) is 33.8. The van der Waals surface area contributed by atoms with Gasteiger partial charge in [0.05, 0.1) is 25.4 Å². The Hall–Kier alpha value is -3.60. The van der Waals surface area contributed by atoms with Crippen LogP contribution in [0.25, 0.3) is 11.1 Å². The van der Waals surface area contributed by atoms with Crippen LogP contribution in [0.4, 0.5) is 0 Å². The van der Waals surface area contributed by atoms with Crippen molar-refractivity contribution in [3.63, 3.8) is 0 Å². The van der Waals surface area contributed by atoms with E-state index in [1.807, 2.05) is 48.5 Å². The molecule has 0 aromatic heterocycles. The predicted octanol–water partition coefficient (Wildman–Crippen LogP) is 5.76. The monoisotopic (exact) mass is 630 g/mol. The first-order valence-corrected chi connectivity index (χ1v) is 16.3. The van der Waals surface area contributed by atoms with E-state index in [9.17, 15) is 14.7 Å². The van der Waals surface area contributed by atoms with Crippen molar-refractivity contribution in [1.29, 1.82) is 0 Å². The van der Waals surface area contributed by atoms with Gasteiger partial charge in [-0.05, 0) is 60.0 Å². The van der Waals surface area contributed by atoms with Gasteiger partial charge < -0.3 is 29.7 Å². The molecule has 2 saturated heterocycles. The van der Waals surface area contributed by atoms with E-state index in [1.165, 1.54) is 0 Å². The van der Waals surface area contributed by atoms with Crippen LogP contribution in [0.15, 0.2) is 72.8 Å². The standard InChI is InChI=1S/C37H46N2O7/c1-44-25-31-8-6-20-39(31)23-32-21-34(28-14-12-26(24-40)13-15-28)46-37(45-32)29-18-16-27(17-19-29)33-9-3-2-7-30(33)22-38-35(41)10-4-5-11-36(42)43/h2-3,7,9,12-19,31-32,34,37,40H,4-6,8,10-11,20-25H2,1H3,(H,38,41)(H,42,43)/t31-,32+,34-,37-/m0/s1. The highest BCUT2D eigenvalue weighted by Crippen LogP contribution is 2.39. The third-order valence-electron chi connectivity index (χ3n) is 8.94. The molecule has 2 aliphatic rings. The zero-order chi connectivity index (χ0) is 32.3. The molecule has 4 atom stereocenters. The van der Waals surface area contributed by atoms with E-state index in [0.29, 0.717) is 31.8 Å². The quantitative estimate of drug-likeness (QED) is 0.182. The summed E-state index contributed by atoms with van der Waals surface area (Å²) >= 11 is 0. The van der Waals surface area contributed by atoms with Gasteiger partial charge in [0, 0.05) is 51.1 Å². The van der Waals surface area contributed by atoms with Gasteiger partial charge in [0.15, 0.2) is 6.29 Å². The van der Waals surface area contributed by atoms with Crippen LogP contribution < -0.4 is 5.32 Å². The van der Waals surface area contributed by atoms with Gasteiger partial charge in [0.25, 0.3) is 0 Å². The van der Waals surface area contributed by atoms with Crippen LogP contribution >= 0.6 is 0 Å². The van der Waals surface area contributed by atoms with Crippen LogP contribution in [0, 0.1) is 0 Å². The molecule has 9 nitrogen and oxygen atoms in total. The highest BCUT2D eigenvalue weighted by Gasteiger charge is 2.35. The Bertz CT molecular complexity index is 1410. The number of benzene rings is 3. The van der Waals surface area contributed by atoms with Crippen molar-refractivity contribution < 1.29 is 34.0 Å². The SMILES string of the molecule is COC[C@@H]1CCCN1C[C@H]1C[C@@H](c2ccc(CO)cc2)O[C@@H](c2ccc(-c3ccccc3CNC(=O)CCCCC(=O)O)cc2)O1. The fourth-order valence-electron chi connectivity index (χ4n) is 6.43. The maximum absolute atomic E-state index is 12.4. The lowest BCUT2D eigenvalue weighted by Crippen LogP contribution is -2.42. The Morgan fingerprint density at radius 3 is 2.43 bits per heavy atom. The molecule has 2 aliphatic heterocycles. The first-order valence-electron chi connectivity index (χ1n) is 16.3. The highest BCUT2D eigenvalue weighted by atomic mass is 16.7. The van der Waals surface area contributed by atoms with E-state index in [0.717, 1.165) is 72.3 Å². The number of carbonyl (C=O) groups is 2. The molecule has 0 spiro atoms. The lowest BCUT2D eigenvalue weighted by atomic mass is 9.97. The van der Waals surface area contributed by atoms with Crippen LogP contribution in [-0.4, -0.2) is 65.9 Å². The molecule has 3 N–H and O–H groups in total. The summed E-state index contributed by atoms with van der Waals surface area (Å²) in [7, 11) is 1.76. The number of methoxy groups -OCH3 is 1. The summed E-state index contributed by atoms with van der Waals surface area (Å²) in [5.74, 6) is -0.923. The molecule has 46 heavy (non-hydrogen) atoms. The molecule has 0 unspecified atom stereocenters. The molecular weight excluding hydrogens is 584 g/mol. The summed E-state index contributed by atoms with van der Waals surface area (Å²) < 4.78 is 18.7. The minimum Gasteiger partial charge on any atom is -0.481 e. The number of amides is 1. The van der Waals surface area contributed by atoms with E-state index in [-0.39, 0.29) is 31.1 Å². The molecule has 5 rings (SSSR count). The van der Waals surface area contributed by atoms with Gasteiger partial charge in [-0.3, -0.25) is 14.5 Å². The molecule has 0 aliphatic carbocycles. The van der Waals surface area contributed by atoms with Gasteiger partial charge in [0.2, 0.25) is 5.91 Å². The predicted molar refractivity (Wildman–Crippen MR) is 175 cm³/mol. The van der Waals surface area contributed by atoms with Gasteiger partial charge in [-0.15, -0.1) is 0 Å². The summed E-state index contributed by atoms with van der Waals surface area (Å²) in [6.07, 6.45) is 3.76. The highest BCUT2D eigenvalue weighted by molar-refractivity contribution is 5.76. The van der Waals surface area contributed by atoms with Gasteiger partial charge >= 0.3 is 5.97 Å². The van der Waals surface area contributed by atoms with Crippen LogP contribution in [0.1, 0.15) is 79.6 Å². The van der Waals surface area contributed by atoms with Crippen LogP contribution in [0.3, 0.4) is 0 Å². The fourth-order valence-corrected chi connectivity index (χ4v) is 6.43. The normalized spacial score (nSPS) is 21.7. The number of hydrogen-bond donors (Lipinski definition) is 3. The number of carboxylic acids is 1. The Balaban J connectivity index is 1.28. The largest absolute Gasteiger partial charge is 0.481 e. The Labute approximate surface area is 271 Å². The number of aliphatic hydroxyl groups is 1. The number of aliphatic carboxylic acids is 1. The smallest absolute Gasteiger partial charge is 0.303 e. The Morgan fingerprint density at radius 1 is 0.957 bits per heavy atom. The van der Waals surface area contributed by atoms with Gasteiger partial charge in [-0.1, -0.05) is 72.8 Å². The topological polar surface area (TPSA) is 118 Å². The average molecular weight is 631 g/mol. The molecule has 0 radical (unpaired) electrons. The van der Waals surface area contributed by atoms with Crippen molar-refractivity contribution in [3.8, 4) is 11.1 Å². The molecule has 2 fully saturated rings. The molecule has 3 aromatic rings. The second kappa shape index (κ2) is 16.8. The van der Waals surface area contributed by atoms with Crippen molar-refractivity contribution in [1.82, 2.24) is 10.2 Å². The van der Waals surface area contributed by atoms with Crippen LogP contribution in [-0.2, 0) is 37.0 Å². The zero-order valence-corrected chi connectivity index (χ0v) is 26.6. The third kappa shape index (κ3) is 9.24. The molecule has 2 heterocycles. The molecular formula is C37H46N2O7. The third-order valence-corrected chi connectivity index (χ3v) is 8.94. The van der Waals surface area contributed by atoms with Crippen molar-refractivity contribution >= 4 is 11.9 Å². The lowest BCUT2D eigenvalue weighted by molar-refractivity contribution is -0.253. The van der Waals surface area contributed by atoms with E-state index in [2.05, 4.69) is 34.5 Å². The lowest BCUT2D eigenvalue weighted by Gasteiger charge is -2.38. The second-order valence-corrected chi connectivity index (χ2v) is 12.3. The Morgan fingerprint density at radius 2 is 1.70 bits per heavy atom. The van der Waals surface area contributed by atoms with Gasteiger partial charge in [-0.25, -0.2) is 0 Å². The maximum Gasteiger partial charge on any atom is 0.303 e. The van der Waals surface area contributed by atoms with Crippen molar-refractivity contribution in [3.05, 3.63) is 95.1 Å². The number of ether oxygens (including phenoxy) is 3. The number of likely N-dealkylation sites (tertiary alicyclic amines) is 1. The average Bonchev–Trinajstić information content (AvgIpc) is 3.52. The molecule has 0 saturated carbocycles. The second-order valence-electron chi connectivity index (χ2n) is 12.3. The van der Waals surface area contributed by atoms with E-state index in [1.54, 1.807) is 7.11 Å². The molecule has 1 amide bonds. The van der Waals surface area contributed by atoms with E-state index in [4.69, 9.17) is 19.3 Å². The van der Waals surface area contributed by atoms with Crippen molar-refractivity contribution in [2.45, 2.75) is 82.6 Å². The number of unbranched alkanes of at least 4 members (excludes halogenated alkanes) is 1. The van der Waals surface area contributed by atoms with E-state index < -0.39 is 12.3 Å². The van der Waals surface area contributed by atoms with Crippen LogP contribution in [0.2, 0.25) is 0 Å². The summed E-state index contributed by atoms with van der Waals surface area (Å²) in [5.41, 5.74) is 5.94. The van der Waals surface area contributed by atoms with Crippen molar-refractivity contribution in [2.75, 3.05) is 26.8 Å². The number of nitrogens with zero attached hydrogens (tertiary/aromatic N) is 1. The summed E-state index contributed by atoms with van der Waals surface area (Å²) in [4.78, 5) is 25.6. The molecule has 246 valence electrons. The molecule has 0 bridgehead atoms. The minimum absolute atomic E-state index is 0.00641. The summed E-state index contributed by atoms with van der Waals surface area (Å²) in [5, 5.41) is 21.3. The minimum atomic E-state index is -0.840. The zero-order valence-electron chi connectivity index (χ0n) is 26.6. The first-order chi connectivity index (χ1) is 22.4. The number of nitrogens with one attached hydrogen (secondary N) is 1. The van der Waals surface area contributed by atoms with Crippen LogP contribution in [0.5, 0.6) is 0 Å². The molecule has 9 heteroatoms. The number of carboxylic acid groups (broad SMARTS) is 1. The number of carbonyl (C=O) groups excluding carboxylic acids is 1. The fraction of sp³-hybridized carbons (Fsp3) is 0.459. The summed E-state index contributed by atoms with van der Waals surface area (Å²) in [6, 6.07) is 24.6. The van der Waals surface area contributed by atoms with E-state index >= 15 is 0 Å².